The van der Waals surface area contributed by atoms with E-state index in [0.717, 1.165) is 6.07 Å². The molecule has 0 amide bonds. The van der Waals surface area contributed by atoms with E-state index < -0.39 is 11.7 Å². The Morgan fingerprint density at radius 2 is 1.91 bits per heavy atom. The van der Waals surface area contributed by atoms with Gasteiger partial charge in [0.2, 0.25) is 0 Å². The number of nitrogens with zero attached hydrogens (tertiary/aromatic N) is 3. The van der Waals surface area contributed by atoms with Gasteiger partial charge < -0.3 is 5.11 Å². The van der Waals surface area contributed by atoms with Crippen LogP contribution in [0.2, 0.25) is 5.02 Å². The van der Waals surface area contributed by atoms with E-state index in [1.807, 2.05) is 0 Å². The maximum absolute atomic E-state index is 13.1. The van der Waals surface area contributed by atoms with Gasteiger partial charge in [-0.05, 0) is 35.4 Å². The van der Waals surface area contributed by atoms with Gasteiger partial charge in [-0.1, -0.05) is 28.9 Å². The summed E-state index contributed by atoms with van der Waals surface area (Å²) in [5, 5.41) is 16.9. The first-order valence-electron chi connectivity index (χ1n) is 6.67. The van der Waals surface area contributed by atoms with E-state index in [1.165, 1.54) is 16.8 Å². The number of fused-ring (bicyclic) bond motifs is 1. The van der Waals surface area contributed by atoms with Crippen LogP contribution in [0, 0.1) is 0 Å². The van der Waals surface area contributed by atoms with Gasteiger partial charge >= 0.3 is 6.18 Å². The largest absolute Gasteiger partial charge is 0.416 e. The summed E-state index contributed by atoms with van der Waals surface area (Å²) in [4.78, 5) is 0. The highest BCUT2D eigenvalue weighted by Crippen LogP contribution is 2.34. The zero-order chi connectivity index (χ0) is 16.6. The predicted molar refractivity (Wildman–Crippen MR) is 79.0 cm³/mol. The van der Waals surface area contributed by atoms with E-state index in [0.29, 0.717) is 16.6 Å². The Morgan fingerprint density at radius 1 is 1.13 bits per heavy atom. The van der Waals surface area contributed by atoms with Gasteiger partial charge in [0.25, 0.3) is 0 Å². The van der Waals surface area contributed by atoms with Crippen molar-refractivity contribution in [2.45, 2.75) is 19.3 Å². The number of benzene rings is 2. The number of aliphatic hydroxyl groups is 1. The van der Waals surface area contributed by atoms with Crippen LogP contribution < -0.4 is 0 Å². The van der Waals surface area contributed by atoms with Crippen LogP contribution in [0.3, 0.4) is 0 Å². The SMILES string of the molecule is OCc1ccc2c(c1)nnn2Cc1ccc(Cl)cc1C(F)(F)F. The Hall–Kier alpha value is -2.12. The van der Waals surface area contributed by atoms with Gasteiger partial charge in [0.1, 0.15) is 5.52 Å². The van der Waals surface area contributed by atoms with Gasteiger partial charge in [-0.2, -0.15) is 13.2 Å². The number of alkyl halides is 3. The van der Waals surface area contributed by atoms with Gasteiger partial charge in [-0.3, -0.25) is 0 Å². The topological polar surface area (TPSA) is 50.9 Å². The van der Waals surface area contributed by atoms with E-state index >= 15 is 0 Å². The maximum Gasteiger partial charge on any atom is 0.416 e. The highest BCUT2D eigenvalue weighted by atomic mass is 35.5. The van der Waals surface area contributed by atoms with Gasteiger partial charge in [-0.15, -0.1) is 5.10 Å². The molecular formula is C15H11ClF3N3O. The zero-order valence-electron chi connectivity index (χ0n) is 11.7. The molecule has 0 radical (unpaired) electrons. The van der Waals surface area contributed by atoms with Gasteiger partial charge in [0, 0.05) is 5.02 Å². The van der Waals surface area contributed by atoms with Crippen molar-refractivity contribution in [1.82, 2.24) is 15.0 Å². The van der Waals surface area contributed by atoms with E-state index in [1.54, 1.807) is 18.2 Å². The zero-order valence-corrected chi connectivity index (χ0v) is 12.4. The van der Waals surface area contributed by atoms with Crippen molar-refractivity contribution in [2.75, 3.05) is 0 Å². The molecule has 1 aromatic heterocycles. The monoisotopic (exact) mass is 341 g/mol. The molecule has 0 aliphatic carbocycles. The third-order valence-corrected chi connectivity index (χ3v) is 3.69. The number of rotatable bonds is 3. The molecule has 23 heavy (non-hydrogen) atoms. The second-order valence-electron chi connectivity index (χ2n) is 5.03. The van der Waals surface area contributed by atoms with E-state index in [9.17, 15) is 13.2 Å². The Bertz CT molecular complexity index is 861. The minimum atomic E-state index is -4.50. The quantitative estimate of drug-likeness (QED) is 0.791. The van der Waals surface area contributed by atoms with Gasteiger partial charge in [0.05, 0.1) is 24.2 Å². The summed E-state index contributed by atoms with van der Waals surface area (Å²) in [5.74, 6) is 0. The average molecular weight is 342 g/mol. The van der Waals surface area contributed by atoms with Crippen molar-refractivity contribution in [2.24, 2.45) is 0 Å². The molecule has 120 valence electrons. The van der Waals surface area contributed by atoms with Gasteiger partial charge in [-0.25, -0.2) is 4.68 Å². The van der Waals surface area contributed by atoms with Crippen LogP contribution in [-0.2, 0) is 19.3 Å². The molecule has 0 atom stereocenters. The molecule has 0 saturated carbocycles. The summed E-state index contributed by atoms with van der Waals surface area (Å²) in [6.45, 7) is -0.223. The number of hydrogen-bond acceptors (Lipinski definition) is 3. The Kier molecular flexibility index (Phi) is 3.99. The maximum atomic E-state index is 13.1. The highest BCUT2D eigenvalue weighted by molar-refractivity contribution is 6.30. The Morgan fingerprint density at radius 3 is 2.61 bits per heavy atom. The highest BCUT2D eigenvalue weighted by Gasteiger charge is 2.33. The van der Waals surface area contributed by atoms with Crippen LogP contribution in [-0.4, -0.2) is 20.1 Å². The minimum absolute atomic E-state index is 0.0251. The van der Waals surface area contributed by atoms with Crippen LogP contribution in [0.5, 0.6) is 0 Å². The van der Waals surface area contributed by atoms with Crippen LogP contribution in [0.4, 0.5) is 13.2 Å². The molecule has 0 aliphatic heterocycles. The van der Waals surface area contributed by atoms with Crippen molar-refractivity contribution in [3.63, 3.8) is 0 Å². The van der Waals surface area contributed by atoms with E-state index in [-0.39, 0.29) is 23.7 Å². The van der Waals surface area contributed by atoms with Crippen molar-refractivity contribution in [3.8, 4) is 0 Å². The van der Waals surface area contributed by atoms with Crippen molar-refractivity contribution >= 4 is 22.6 Å². The average Bonchev–Trinajstić information content (AvgIpc) is 2.90. The second-order valence-corrected chi connectivity index (χ2v) is 5.46. The fourth-order valence-corrected chi connectivity index (χ4v) is 2.52. The standard InChI is InChI=1S/C15H11ClF3N3O/c16-11-3-2-10(12(6-11)15(17,18)19)7-22-14-4-1-9(8-23)5-13(14)20-21-22/h1-6,23H,7-8H2. The van der Waals surface area contributed by atoms with Crippen LogP contribution >= 0.6 is 11.6 Å². The molecular weight excluding hydrogens is 331 g/mol. The molecule has 0 fully saturated rings. The summed E-state index contributed by atoms with van der Waals surface area (Å²) < 4.78 is 40.8. The normalized spacial score (nSPS) is 12.0. The first kappa shape index (κ1) is 15.8. The first-order chi connectivity index (χ1) is 10.9. The predicted octanol–water partition coefficient (Wildman–Crippen LogP) is 3.64. The number of halogens is 4. The van der Waals surface area contributed by atoms with Crippen molar-refractivity contribution in [3.05, 3.63) is 58.1 Å². The molecule has 4 nitrogen and oxygen atoms in total. The molecule has 2 aromatic carbocycles. The molecule has 0 aliphatic rings. The fraction of sp³-hybridized carbons (Fsp3) is 0.200. The molecule has 3 rings (SSSR count). The fourth-order valence-electron chi connectivity index (χ4n) is 2.34. The van der Waals surface area contributed by atoms with Crippen LogP contribution in [0.1, 0.15) is 16.7 Å². The Labute approximate surface area is 134 Å². The van der Waals surface area contributed by atoms with Crippen molar-refractivity contribution < 1.29 is 18.3 Å². The molecule has 0 bridgehead atoms. The van der Waals surface area contributed by atoms with Crippen molar-refractivity contribution in [1.29, 1.82) is 0 Å². The lowest BCUT2D eigenvalue weighted by molar-refractivity contribution is -0.138. The molecule has 3 aromatic rings. The molecule has 0 spiro atoms. The molecule has 8 heteroatoms. The Balaban J connectivity index is 2.03. The molecule has 0 saturated heterocycles. The summed E-state index contributed by atoms with van der Waals surface area (Å²) in [6, 6.07) is 8.64. The third kappa shape index (κ3) is 3.16. The summed E-state index contributed by atoms with van der Waals surface area (Å²) in [7, 11) is 0. The summed E-state index contributed by atoms with van der Waals surface area (Å²) in [6.07, 6.45) is -4.50. The first-order valence-corrected chi connectivity index (χ1v) is 7.05. The smallest absolute Gasteiger partial charge is 0.392 e. The lowest BCUT2D eigenvalue weighted by Crippen LogP contribution is -2.12. The van der Waals surface area contributed by atoms with Crippen LogP contribution in [0.25, 0.3) is 11.0 Å². The second kappa shape index (κ2) is 5.82. The number of aromatic nitrogens is 3. The molecule has 1 heterocycles. The number of hydrogen-bond donors (Lipinski definition) is 1. The summed E-state index contributed by atoms with van der Waals surface area (Å²) in [5.41, 5.74) is 1.02. The summed E-state index contributed by atoms with van der Waals surface area (Å²) >= 11 is 5.67. The molecule has 1 N–H and O–H groups in total. The number of aliphatic hydroxyl groups excluding tert-OH is 1. The lowest BCUT2D eigenvalue weighted by Gasteiger charge is -2.13. The van der Waals surface area contributed by atoms with E-state index in [2.05, 4.69) is 10.3 Å². The third-order valence-electron chi connectivity index (χ3n) is 3.46. The minimum Gasteiger partial charge on any atom is -0.392 e. The molecule has 0 unspecified atom stereocenters. The van der Waals surface area contributed by atoms with E-state index in [4.69, 9.17) is 16.7 Å². The van der Waals surface area contributed by atoms with Crippen LogP contribution in [0.15, 0.2) is 36.4 Å². The lowest BCUT2D eigenvalue weighted by atomic mass is 10.1. The van der Waals surface area contributed by atoms with Gasteiger partial charge in [0.15, 0.2) is 0 Å².